The average Bonchev–Trinajstić information content (AvgIpc) is 2.55. The summed E-state index contributed by atoms with van der Waals surface area (Å²) in [7, 11) is 0. The van der Waals surface area contributed by atoms with Gasteiger partial charge in [0.1, 0.15) is 6.04 Å². The lowest BCUT2D eigenvalue weighted by molar-refractivity contribution is -0.126. The van der Waals surface area contributed by atoms with E-state index in [0.717, 1.165) is 17.5 Å². The summed E-state index contributed by atoms with van der Waals surface area (Å²) in [5.74, 6) is 0.177. The van der Waals surface area contributed by atoms with Gasteiger partial charge in [-0.1, -0.05) is 30.4 Å². The minimum atomic E-state index is -0.418. The average molecular weight is 298 g/mol. The van der Waals surface area contributed by atoms with Crippen molar-refractivity contribution in [1.82, 2.24) is 10.2 Å². The van der Waals surface area contributed by atoms with Crippen LogP contribution in [0.3, 0.4) is 0 Å². The van der Waals surface area contributed by atoms with Crippen LogP contribution in [0.15, 0.2) is 36.4 Å². The first kappa shape index (κ1) is 14.8. The molecule has 2 bridgehead atoms. The summed E-state index contributed by atoms with van der Waals surface area (Å²) < 4.78 is 0. The lowest BCUT2D eigenvalue weighted by Crippen LogP contribution is -2.51. The number of hydrogen-bond donors (Lipinski definition) is 1. The number of fused-ring (bicyclic) bond motifs is 5. The van der Waals surface area contributed by atoms with Crippen molar-refractivity contribution in [2.24, 2.45) is 0 Å². The van der Waals surface area contributed by atoms with E-state index in [1.165, 1.54) is 0 Å². The van der Waals surface area contributed by atoms with Crippen LogP contribution in [-0.4, -0.2) is 35.3 Å². The van der Waals surface area contributed by atoms with Crippen LogP contribution in [0, 0.1) is 0 Å². The van der Waals surface area contributed by atoms with Gasteiger partial charge >= 0.3 is 0 Å². The molecule has 1 aromatic carbocycles. The third kappa shape index (κ3) is 2.65. The minimum absolute atomic E-state index is 0.0225. The molecule has 0 aromatic heterocycles. The Bertz CT molecular complexity index is 621. The molecule has 2 amide bonds. The van der Waals surface area contributed by atoms with Gasteiger partial charge in [0.2, 0.25) is 5.91 Å². The van der Waals surface area contributed by atoms with Gasteiger partial charge in [-0.05, 0) is 38.3 Å². The predicted molar refractivity (Wildman–Crippen MR) is 85.7 cm³/mol. The Morgan fingerprint density at radius 1 is 1.32 bits per heavy atom. The van der Waals surface area contributed by atoms with E-state index in [1.54, 1.807) is 4.90 Å². The van der Waals surface area contributed by atoms with Crippen LogP contribution in [0.4, 0.5) is 0 Å². The molecule has 0 aliphatic carbocycles. The number of allylic oxidation sites excluding steroid dienone is 1. The van der Waals surface area contributed by atoms with E-state index in [4.69, 9.17) is 0 Å². The zero-order valence-electron chi connectivity index (χ0n) is 13.1. The molecule has 0 radical (unpaired) electrons. The van der Waals surface area contributed by atoms with E-state index in [0.29, 0.717) is 13.0 Å². The first-order valence-electron chi connectivity index (χ1n) is 7.95. The fourth-order valence-corrected chi connectivity index (χ4v) is 3.33. The maximum absolute atomic E-state index is 12.9. The van der Waals surface area contributed by atoms with Gasteiger partial charge in [0.15, 0.2) is 0 Å². The molecule has 2 heterocycles. The zero-order chi connectivity index (χ0) is 15.7. The van der Waals surface area contributed by atoms with E-state index in [2.05, 4.69) is 17.5 Å². The van der Waals surface area contributed by atoms with Gasteiger partial charge in [-0.25, -0.2) is 0 Å². The number of carbonyl (C=O) groups is 2. The largest absolute Gasteiger partial charge is 0.352 e. The summed E-state index contributed by atoms with van der Waals surface area (Å²) in [6.45, 7) is 4.50. The molecule has 2 aliphatic heterocycles. The second kappa shape index (κ2) is 5.95. The molecule has 0 saturated heterocycles. The van der Waals surface area contributed by atoms with Crippen molar-refractivity contribution in [3.63, 3.8) is 0 Å². The van der Waals surface area contributed by atoms with E-state index >= 15 is 0 Å². The highest BCUT2D eigenvalue weighted by atomic mass is 16.2. The second-order valence-corrected chi connectivity index (χ2v) is 6.32. The molecule has 22 heavy (non-hydrogen) atoms. The summed E-state index contributed by atoms with van der Waals surface area (Å²) in [4.78, 5) is 27.2. The van der Waals surface area contributed by atoms with E-state index in [-0.39, 0.29) is 23.8 Å². The van der Waals surface area contributed by atoms with Gasteiger partial charge in [0, 0.05) is 24.1 Å². The van der Waals surface area contributed by atoms with Crippen LogP contribution < -0.4 is 5.32 Å². The summed E-state index contributed by atoms with van der Waals surface area (Å²) in [5.41, 5.74) is 1.81. The van der Waals surface area contributed by atoms with Gasteiger partial charge in [0.05, 0.1) is 0 Å². The Morgan fingerprint density at radius 3 is 2.86 bits per heavy atom. The summed E-state index contributed by atoms with van der Waals surface area (Å²) >= 11 is 0. The van der Waals surface area contributed by atoms with Crippen molar-refractivity contribution in [2.75, 3.05) is 6.54 Å². The molecule has 0 fully saturated rings. The predicted octanol–water partition coefficient (Wildman–Crippen LogP) is 2.47. The van der Waals surface area contributed by atoms with Gasteiger partial charge in [-0.15, -0.1) is 0 Å². The van der Waals surface area contributed by atoms with Crippen LogP contribution in [-0.2, 0) is 4.79 Å². The summed E-state index contributed by atoms with van der Waals surface area (Å²) in [5, 5.41) is 2.94. The molecule has 2 atom stereocenters. The normalized spacial score (nSPS) is 25.2. The van der Waals surface area contributed by atoms with E-state index < -0.39 is 6.04 Å². The lowest BCUT2D eigenvalue weighted by atomic mass is 9.91. The molecule has 4 nitrogen and oxygen atoms in total. The third-order valence-corrected chi connectivity index (χ3v) is 4.37. The number of nitrogens with zero attached hydrogens (tertiary/aromatic N) is 1. The second-order valence-electron chi connectivity index (χ2n) is 6.32. The SMILES string of the molecule is CC(C)NC(=O)[C@@H]1C/C=C\[C@@H]2CCN1C(=O)c1ccccc12. The first-order valence-corrected chi connectivity index (χ1v) is 7.95. The number of rotatable bonds is 2. The molecular weight excluding hydrogens is 276 g/mol. The maximum Gasteiger partial charge on any atom is 0.254 e. The smallest absolute Gasteiger partial charge is 0.254 e. The van der Waals surface area contributed by atoms with Crippen molar-refractivity contribution < 1.29 is 9.59 Å². The highest BCUT2D eigenvalue weighted by molar-refractivity contribution is 5.99. The Labute approximate surface area is 131 Å². The summed E-state index contributed by atoms with van der Waals surface area (Å²) in [6, 6.07) is 7.42. The highest BCUT2D eigenvalue weighted by Gasteiger charge is 2.35. The van der Waals surface area contributed by atoms with Crippen LogP contribution in [0.2, 0.25) is 0 Å². The molecule has 0 spiro atoms. The topological polar surface area (TPSA) is 49.4 Å². The van der Waals surface area contributed by atoms with Crippen molar-refractivity contribution in [3.8, 4) is 0 Å². The third-order valence-electron chi connectivity index (χ3n) is 4.37. The molecule has 1 N–H and O–H groups in total. The van der Waals surface area contributed by atoms with Gasteiger partial charge in [0.25, 0.3) is 5.91 Å². The highest BCUT2D eigenvalue weighted by Crippen LogP contribution is 2.32. The number of amides is 2. The Balaban J connectivity index is 2.00. The molecule has 2 aliphatic rings. The quantitative estimate of drug-likeness (QED) is 0.853. The number of nitrogens with one attached hydrogen (secondary N) is 1. The zero-order valence-corrected chi connectivity index (χ0v) is 13.1. The fraction of sp³-hybridized carbons (Fsp3) is 0.444. The number of carbonyl (C=O) groups excluding carboxylic acids is 2. The van der Waals surface area contributed by atoms with E-state index in [1.807, 2.05) is 38.1 Å². The van der Waals surface area contributed by atoms with Crippen molar-refractivity contribution in [1.29, 1.82) is 0 Å². The van der Waals surface area contributed by atoms with Crippen LogP contribution in [0.1, 0.15) is 48.5 Å². The van der Waals surface area contributed by atoms with E-state index in [9.17, 15) is 9.59 Å². The van der Waals surface area contributed by atoms with Crippen molar-refractivity contribution in [3.05, 3.63) is 47.5 Å². The van der Waals surface area contributed by atoms with Crippen molar-refractivity contribution in [2.45, 2.75) is 44.7 Å². The molecule has 1 aromatic rings. The van der Waals surface area contributed by atoms with Crippen LogP contribution in [0.25, 0.3) is 0 Å². The van der Waals surface area contributed by atoms with Crippen molar-refractivity contribution >= 4 is 11.8 Å². The monoisotopic (exact) mass is 298 g/mol. The van der Waals surface area contributed by atoms with Gasteiger partial charge in [-0.3, -0.25) is 9.59 Å². The molecule has 3 rings (SSSR count). The standard InChI is InChI=1S/C18H22N2O2/c1-12(2)19-17(21)16-9-5-6-13-10-11-20(16)18(22)15-8-4-3-7-14(13)15/h3-8,12-13,16H,9-11H2,1-2H3,(H,19,21)/b6-5-/t13-,16+/m1/s1. The maximum atomic E-state index is 12.9. The molecule has 0 saturated carbocycles. The number of hydrogen-bond acceptors (Lipinski definition) is 2. The number of benzene rings is 1. The first-order chi connectivity index (χ1) is 10.6. The Hall–Kier alpha value is -2.10. The molecule has 0 unspecified atom stereocenters. The van der Waals surface area contributed by atoms with Gasteiger partial charge in [-0.2, -0.15) is 0 Å². The van der Waals surface area contributed by atoms with Gasteiger partial charge < -0.3 is 10.2 Å². The Morgan fingerprint density at radius 2 is 2.09 bits per heavy atom. The molecule has 116 valence electrons. The minimum Gasteiger partial charge on any atom is -0.352 e. The molecular formula is C18H22N2O2. The summed E-state index contributed by atoms with van der Waals surface area (Å²) in [6.07, 6.45) is 5.65. The van der Waals surface area contributed by atoms with Crippen LogP contribution >= 0.6 is 0 Å². The fourth-order valence-electron chi connectivity index (χ4n) is 3.33. The molecule has 4 heteroatoms. The lowest BCUT2D eigenvalue weighted by Gasteiger charge is -2.31. The Kier molecular flexibility index (Phi) is 4.01. The van der Waals surface area contributed by atoms with Crippen LogP contribution in [0.5, 0.6) is 0 Å².